The van der Waals surface area contributed by atoms with Crippen LogP contribution in [0.2, 0.25) is 0 Å². The molecule has 0 aliphatic carbocycles. The number of aliphatic imine (C=N–C) groups is 1. The van der Waals surface area contributed by atoms with E-state index in [9.17, 15) is 0 Å². The minimum atomic E-state index is 0. The Hall–Kier alpha value is -0.860. The number of benzene rings is 1. The van der Waals surface area contributed by atoms with E-state index >= 15 is 0 Å². The summed E-state index contributed by atoms with van der Waals surface area (Å²) in [5.41, 5.74) is 2.62. The van der Waals surface area contributed by atoms with Gasteiger partial charge in [0.25, 0.3) is 0 Å². The van der Waals surface area contributed by atoms with Crippen LogP contribution in [0, 0.1) is 5.92 Å². The molecule has 1 unspecified atom stereocenters. The Morgan fingerprint density at radius 2 is 1.72 bits per heavy atom. The molecule has 25 heavy (non-hydrogen) atoms. The normalized spacial score (nSPS) is 17.1. The van der Waals surface area contributed by atoms with Crippen LogP contribution in [0.25, 0.3) is 0 Å². The molecule has 0 radical (unpaired) electrons. The number of hydrogen-bond donors (Lipinski definition) is 2. The summed E-state index contributed by atoms with van der Waals surface area (Å²) in [5.74, 6) is 1.43. The van der Waals surface area contributed by atoms with Gasteiger partial charge in [-0.15, -0.1) is 24.0 Å². The Balaban J connectivity index is 0.00000312. The molecule has 1 aliphatic rings. The summed E-state index contributed by atoms with van der Waals surface area (Å²) < 4.78 is 5.40. The average molecular weight is 460 g/mol. The molecular weight excluding hydrogens is 427 g/mol. The number of halogens is 1. The second-order valence-corrected chi connectivity index (χ2v) is 6.81. The fourth-order valence-electron chi connectivity index (χ4n) is 2.54. The van der Waals surface area contributed by atoms with Crippen LogP contribution in [0.3, 0.4) is 0 Å². The fourth-order valence-corrected chi connectivity index (χ4v) is 2.54. The van der Waals surface area contributed by atoms with Crippen LogP contribution in [0.15, 0.2) is 29.3 Å². The predicted molar refractivity (Wildman–Crippen MR) is 116 cm³/mol. The topological polar surface area (TPSA) is 48.9 Å². The number of ether oxygens (including phenoxy) is 1. The Labute approximate surface area is 169 Å². The van der Waals surface area contributed by atoms with E-state index in [1.54, 1.807) is 0 Å². The van der Waals surface area contributed by atoms with Gasteiger partial charge in [-0.05, 0) is 24.0 Å². The zero-order valence-corrected chi connectivity index (χ0v) is 18.2. The molecule has 1 aromatic carbocycles. The predicted octanol–water partition coefficient (Wildman–Crippen LogP) is 2.85. The first kappa shape index (κ1) is 22.2. The maximum absolute atomic E-state index is 5.40. The fraction of sp³-hybridized carbons (Fsp3) is 0.632. The lowest BCUT2D eigenvalue weighted by Crippen LogP contribution is -2.43. The highest BCUT2D eigenvalue weighted by molar-refractivity contribution is 14.0. The minimum Gasteiger partial charge on any atom is -0.379 e. The molecule has 1 aliphatic heterocycles. The van der Waals surface area contributed by atoms with Crippen LogP contribution in [-0.4, -0.2) is 50.3 Å². The molecule has 1 atom stereocenters. The van der Waals surface area contributed by atoms with E-state index < -0.39 is 0 Å². The molecule has 1 heterocycles. The molecule has 1 fully saturated rings. The van der Waals surface area contributed by atoms with Crippen molar-refractivity contribution in [2.75, 3.05) is 33.4 Å². The van der Waals surface area contributed by atoms with Gasteiger partial charge in [-0.25, -0.2) is 0 Å². The molecule has 0 aromatic heterocycles. The summed E-state index contributed by atoms with van der Waals surface area (Å²) in [5, 5.41) is 6.81. The van der Waals surface area contributed by atoms with Gasteiger partial charge < -0.3 is 15.4 Å². The van der Waals surface area contributed by atoms with Crippen molar-refractivity contribution in [3.63, 3.8) is 0 Å². The summed E-state index contributed by atoms with van der Waals surface area (Å²) in [6.45, 7) is 12.1. The molecular formula is C19H33IN4O. The molecule has 1 saturated heterocycles. The number of guanidine groups is 1. The molecule has 0 bridgehead atoms. The van der Waals surface area contributed by atoms with Crippen molar-refractivity contribution in [1.29, 1.82) is 0 Å². The van der Waals surface area contributed by atoms with Gasteiger partial charge in [-0.2, -0.15) is 0 Å². The van der Waals surface area contributed by atoms with E-state index in [1.807, 2.05) is 7.05 Å². The molecule has 0 amide bonds. The molecule has 5 nitrogen and oxygen atoms in total. The first-order valence-corrected chi connectivity index (χ1v) is 8.93. The second kappa shape index (κ2) is 11.7. The van der Waals surface area contributed by atoms with Crippen molar-refractivity contribution in [3.8, 4) is 0 Å². The summed E-state index contributed by atoms with van der Waals surface area (Å²) in [7, 11) is 1.81. The zero-order valence-electron chi connectivity index (χ0n) is 15.9. The maximum Gasteiger partial charge on any atom is 0.191 e. The molecule has 2 N–H and O–H groups in total. The van der Waals surface area contributed by atoms with Crippen molar-refractivity contribution < 1.29 is 4.74 Å². The van der Waals surface area contributed by atoms with Gasteiger partial charge in [0.05, 0.1) is 13.2 Å². The van der Waals surface area contributed by atoms with E-state index in [-0.39, 0.29) is 24.0 Å². The van der Waals surface area contributed by atoms with Crippen LogP contribution in [-0.2, 0) is 17.8 Å². The van der Waals surface area contributed by atoms with E-state index in [4.69, 9.17) is 4.74 Å². The number of morpholine rings is 1. The van der Waals surface area contributed by atoms with Crippen molar-refractivity contribution >= 4 is 29.9 Å². The average Bonchev–Trinajstić information content (AvgIpc) is 2.60. The Morgan fingerprint density at radius 1 is 1.12 bits per heavy atom. The monoisotopic (exact) mass is 460 g/mol. The van der Waals surface area contributed by atoms with Gasteiger partial charge in [0, 0.05) is 39.3 Å². The highest BCUT2D eigenvalue weighted by atomic mass is 127. The Bertz CT molecular complexity index is 513. The third-order valence-electron chi connectivity index (χ3n) is 4.58. The lowest BCUT2D eigenvalue weighted by molar-refractivity contribution is 0.0342. The molecule has 0 spiro atoms. The third-order valence-corrected chi connectivity index (χ3v) is 4.58. The number of nitrogens with zero attached hydrogens (tertiary/aromatic N) is 2. The summed E-state index contributed by atoms with van der Waals surface area (Å²) in [4.78, 5) is 6.74. The smallest absolute Gasteiger partial charge is 0.191 e. The molecule has 0 saturated carbocycles. The van der Waals surface area contributed by atoms with Crippen molar-refractivity contribution in [2.24, 2.45) is 10.9 Å². The van der Waals surface area contributed by atoms with E-state index in [2.05, 4.69) is 65.6 Å². The van der Waals surface area contributed by atoms with Gasteiger partial charge in [0.15, 0.2) is 5.96 Å². The van der Waals surface area contributed by atoms with Gasteiger partial charge >= 0.3 is 0 Å². The summed E-state index contributed by atoms with van der Waals surface area (Å²) in [6.07, 6.45) is 0. The lowest BCUT2D eigenvalue weighted by atomic mass is 10.1. The van der Waals surface area contributed by atoms with E-state index in [1.165, 1.54) is 11.1 Å². The number of hydrogen-bond acceptors (Lipinski definition) is 3. The minimum absolute atomic E-state index is 0. The molecule has 142 valence electrons. The maximum atomic E-state index is 5.40. The Kier molecular flexibility index (Phi) is 10.4. The summed E-state index contributed by atoms with van der Waals surface area (Å²) >= 11 is 0. The molecule has 6 heteroatoms. The van der Waals surface area contributed by atoms with Crippen LogP contribution in [0.4, 0.5) is 0 Å². The lowest BCUT2D eigenvalue weighted by Gasteiger charge is -2.26. The number of rotatable bonds is 6. The quantitative estimate of drug-likeness (QED) is 0.390. The van der Waals surface area contributed by atoms with Gasteiger partial charge in [-0.1, -0.05) is 38.1 Å². The van der Waals surface area contributed by atoms with Gasteiger partial charge in [-0.3, -0.25) is 9.89 Å². The first-order chi connectivity index (χ1) is 11.6. The van der Waals surface area contributed by atoms with Crippen LogP contribution >= 0.6 is 24.0 Å². The molecule has 1 aromatic rings. The van der Waals surface area contributed by atoms with Crippen molar-refractivity contribution in [2.45, 2.75) is 39.9 Å². The van der Waals surface area contributed by atoms with Crippen LogP contribution in [0.5, 0.6) is 0 Å². The van der Waals surface area contributed by atoms with E-state index in [0.29, 0.717) is 12.0 Å². The highest BCUT2D eigenvalue weighted by Gasteiger charge is 2.11. The first-order valence-electron chi connectivity index (χ1n) is 8.93. The summed E-state index contributed by atoms with van der Waals surface area (Å²) in [6, 6.07) is 9.23. The largest absolute Gasteiger partial charge is 0.379 e. The standard InChI is InChI=1S/C19H32N4O.HI/c1-15(2)16(3)22-19(20-4)21-13-17-5-7-18(8-6-17)14-23-9-11-24-12-10-23;/h5-8,15-16H,9-14H2,1-4H3,(H2,20,21,22);1H. The molecule has 2 rings (SSSR count). The van der Waals surface area contributed by atoms with Gasteiger partial charge in [0.2, 0.25) is 0 Å². The zero-order chi connectivity index (χ0) is 17.4. The van der Waals surface area contributed by atoms with Crippen molar-refractivity contribution in [3.05, 3.63) is 35.4 Å². The highest BCUT2D eigenvalue weighted by Crippen LogP contribution is 2.09. The van der Waals surface area contributed by atoms with Gasteiger partial charge in [0.1, 0.15) is 0 Å². The Morgan fingerprint density at radius 3 is 2.28 bits per heavy atom. The van der Waals surface area contributed by atoms with Crippen LogP contribution in [0.1, 0.15) is 31.9 Å². The number of nitrogens with one attached hydrogen (secondary N) is 2. The second-order valence-electron chi connectivity index (χ2n) is 6.81. The van der Waals surface area contributed by atoms with E-state index in [0.717, 1.165) is 45.4 Å². The van der Waals surface area contributed by atoms with Crippen LogP contribution < -0.4 is 10.6 Å². The SMILES string of the molecule is CN=C(NCc1ccc(CN2CCOCC2)cc1)NC(C)C(C)C.I. The van der Waals surface area contributed by atoms with Crippen molar-refractivity contribution in [1.82, 2.24) is 15.5 Å². The third kappa shape index (κ3) is 7.92.